The summed E-state index contributed by atoms with van der Waals surface area (Å²) in [5, 5.41) is 18.6. The van der Waals surface area contributed by atoms with E-state index in [1.807, 2.05) is 4.90 Å². The van der Waals surface area contributed by atoms with Gasteiger partial charge < -0.3 is 14.7 Å². The Morgan fingerprint density at radius 3 is 2.82 bits per heavy atom. The maximum Gasteiger partial charge on any atom is 0.101 e. The van der Waals surface area contributed by atoms with Crippen LogP contribution in [0.25, 0.3) is 0 Å². The van der Waals surface area contributed by atoms with Gasteiger partial charge >= 0.3 is 0 Å². The van der Waals surface area contributed by atoms with Gasteiger partial charge in [0.15, 0.2) is 0 Å². The molecule has 0 fully saturated rings. The number of nitrogens with zero attached hydrogens (tertiary/aromatic N) is 2. The second-order valence-electron chi connectivity index (χ2n) is 3.48. The minimum atomic E-state index is 0.0150. The molecule has 0 saturated carbocycles. The fraction of sp³-hybridized carbons (Fsp3) is 0.417. The average molecular weight is 255 g/mol. The molecule has 0 unspecified atom stereocenters. The van der Waals surface area contributed by atoms with Crippen molar-refractivity contribution >= 4 is 17.3 Å². The van der Waals surface area contributed by atoms with Gasteiger partial charge in [-0.2, -0.15) is 5.26 Å². The number of benzene rings is 1. The van der Waals surface area contributed by atoms with Crippen LogP contribution in [0.2, 0.25) is 5.02 Å². The summed E-state index contributed by atoms with van der Waals surface area (Å²) in [7, 11) is 1.61. The Hall–Kier alpha value is -1.28. The fourth-order valence-electron chi connectivity index (χ4n) is 1.54. The molecule has 0 aromatic heterocycles. The van der Waals surface area contributed by atoms with Crippen molar-refractivity contribution in [1.29, 1.82) is 5.26 Å². The van der Waals surface area contributed by atoms with Crippen LogP contribution in [0.15, 0.2) is 18.2 Å². The van der Waals surface area contributed by atoms with E-state index in [1.165, 1.54) is 0 Å². The van der Waals surface area contributed by atoms with Crippen molar-refractivity contribution in [3.05, 3.63) is 28.8 Å². The van der Waals surface area contributed by atoms with E-state index in [9.17, 15) is 0 Å². The van der Waals surface area contributed by atoms with Gasteiger partial charge in [-0.1, -0.05) is 11.6 Å². The Bertz CT molecular complexity index is 404. The van der Waals surface area contributed by atoms with E-state index in [1.54, 1.807) is 25.3 Å². The normalized spacial score (nSPS) is 10.0. The van der Waals surface area contributed by atoms with E-state index < -0.39 is 0 Å². The van der Waals surface area contributed by atoms with Crippen LogP contribution >= 0.6 is 11.6 Å². The number of halogens is 1. The first-order valence-electron chi connectivity index (χ1n) is 5.27. The second-order valence-corrected chi connectivity index (χ2v) is 3.91. The summed E-state index contributed by atoms with van der Waals surface area (Å²) in [4.78, 5) is 1.88. The number of aliphatic hydroxyl groups is 1. The third-order valence-electron chi connectivity index (χ3n) is 2.36. The highest BCUT2D eigenvalue weighted by Crippen LogP contribution is 2.24. The molecule has 1 aromatic carbocycles. The van der Waals surface area contributed by atoms with Gasteiger partial charge in [-0.3, -0.25) is 0 Å². The molecule has 0 aliphatic heterocycles. The van der Waals surface area contributed by atoms with Crippen LogP contribution in [0.5, 0.6) is 0 Å². The van der Waals surface area contributed by atoms with Gasteiger partial charge in [-0.25, -0.2) is 0 Å². The van der Waals surface area contributed by atoms with E-state index >= 15 is 0 Å². The van der Waals surface area contributed by atoms with Crippen LogP contribution in [-0.2, 0) is 4.74 Å². The highest BCUT2D eigenvalue weighted by atomic mass is 35.5. The summed E-state index contributed by atoms with van der Waals surface area (Å²) in [6, 6.07) is 7.20. The Labute approximate surface area is 106 Å². The number of anilines is 1. The molecule has 0 spiro atoms. The molecular formula is C12H15ClN2O2. The largest absolute Gasteiger partial charge is 0.395 e. The number of ether oxygens (including phenoxy) is 1. The number of methoxy groups -OCH3 is 1. The quantitative estimate of drug-likeness (QED) is 0.839. The minimum Gasteiger partial charge on any atom is -0.395 e. The lowest BCUT2D eigenvalue weighted by molar-refractivity contribution is 0.203. The molecule has 1 aromatic rings. The summed E-state index contributed by atoms with van der Waals surface area (Å²) >= 11 is 5.92. The fourth-order valence-corrected chi connectivity index (χ4v) is 1.70. The lowest BCUT2D eigenvalue weighted by Gasteiger charge is -2.24. The highest BCUT2D eigenvalue weighted by Gasteiger charge is 2.11. The smallest absolute Gasteiger partial charge is 0.101 e. The van der Waals surface area contributed by atoms with Crippen molar-refractivity contribution in [2.45, 2.75) is 0 Å². The molecule has 0 aliphatic rings. The van der Waals surface area contributed by atoms with Gasteiger partial charge in [-0.15, -0.1) is 0 Å². The number of hydrogen-bond donors (Lipinski definition) is 1. The molecule has 1 N–H and O–H groups in total. The molecule has 0 atom stereocenters. The van der Waals surface area contributed by atoms with Crippen LogP contribution in [0.1, 0.15) is 5.56 Å². The molecule has 0 radical (unpaired) electrons. The molecule has 92 valence electrons. The predicted octanol–water partition coefficient (Wildman–Crippen LogP) is 1.66. The van der Waals surface area contributed by atoms with E-state index in [0.717, 1.165) is 5.69 Å². The van der Waals surface area contributed by atoms with Crippen LogP contribution < -0.4 is 4.90 Å². The lowest BCUT2D eigenvalue weighted by Crippen LogP contribution is -2.30. The van der Waals surface area contributed by atoms with Gasteiger partial charge in [0.05, 0.1) is 24.5 Å². The van der Waals surface area contributed by atoms with Crippen molar-refractivity contribution in [3.8, 4) is 6.07 Å². The molecule has 0 saturated heterocycles. The van der Waals surface area contributed by atoms with E-state index in [4.69, 9.17) is 26.7 Å². The van der Waals surface area contributed by atoms with Gasteiger partial charge in [0.2, 0.25) is 0 Å². The zero-order valence-electron chi connectivity index (χ0n) is 9.69. The number of nitriles is 1. The van der Waals surface area contributed by atoms with Gasteiger partial charge in [0, 0.05) is 25.2 Å². The molecule has 1 rings (SSSR count). The minimum absolute atomic E-state index is 0.0150. The van der Waals surface area contributed by atoms with Crippen LogP contribution in [0, 0.1) is 11.3 Å². The maximum absolute atomic E-state index is 9.04. The third kappa shape index (κ3) is 3.90. The maximum atomic E-state index is 9.04. The Morgan fingerprint density at radius 2 is 2.24 bits per heavy atom. The average Bonchev–Trinajstić information content (AvgIpc) is 2.34. The highest BCUT2D eigenvalue weighted by molar-refractivity contribution is 6.30. The van der Waals surface area contributed by atoms with Crippen LogP contribution in [-0.4, -0.2) is 38.5 Å². The van der Waals surface area contributed by atoms with E-state index in [-0.39, 0.29) is 6.61 Å². The van der Waals surface area contributed by atoms with Crippen LogP contribution in [0.4, 0.5) is 5.69 Å². The van der Waals surface area contributed by atoms with Crippen molar-refractivity contribution < 1.29 is 9.84 Å². The molecular weight excluding hydrogens is 240 g/mol. The monoisotopic (exact) mass is 254 g/mol. The Morgan fingerprint density at radius 1 is 1.47 bits per heavy atom. The summed E-state index contributed by atoms with van der Waals surface area (Å²) in [5.41, 5.74) is 1.27. The molecule has 4 nitrogen and oxygen atoms in total. The van der Waals surface area contributed by atoms with Crippen molar-refractivity contribution in [3.63, 3.8) is 0 Å². The van der Waals surface area contributed by atoms with Gasteiger partial charge in [0.1, 0.15) is 6.07 Å². The summed E-state index contributed by atoms with van der Waals surface area (Å²) < 4.78 is 5.00. The zero-order chi connectivity index (χ0) is 12.7. The number of rotatable bonds is 6. The molecule has 0 bridgehead atoms. The number of aliphatic hydroxyl groups excluding tert-OH is 1. The summed E-state index contributed by atoms with van der Waals surface area (Å²) in [5.74, 6) is 0. The summed E-state index contributed by atoms with van der Waals surface area (Å²) in [6.45, 7) is 1.59. The van der Waals surface area contributed by atoms with E-state index in [0.29, 0.717) is 30.3 Å². The zero-order valence-corrected chi connectivity index (χ0v) is 10.4. The Kier molecular flexibility index (Phi) is 5.78. The SMILES string of the molecule is COCCN(CCO)c1cc(Cl)ccc1C#N. The standard InChI is InChI=1S/C12H15ClN2O2/c1-17-7-5-15(4-6-16)12-8-11(13)3-2-10(12)9-14/h2-3,8,16H,4-7H2,1H3. The van der Waals surface area contributed by atoms with Gasteiger partial charge in [0.25, 0.3) is 0 Å². The first kappa shape index (κ1) is 13.8. The van der Waals surface area contributed by atoms with Crippen molar-refractivity contribution in [2.75, 3.05) is 38.3 Å². The topological polar surface area (TPSA) is 56.5 Å². The first-order chi connectivity index (χ1) is 8.22. The third-order valence-corrected chi connectivity index (χ3v) is 2.59. The number of hydrogen-bond acceptors (Lipinski definition) is 4. The molecule has 5 heteroatoms. The van der Waals surface area contributed by atoms with Crippen molar-refractivity contribution in [2.24, 2.45) is 0 Å². The summed E-state index contributed by atoms with van der Waals surface area (Å²) in [6.07, 6.45) is 0. The molecule has 0 heterocycles. The Balaban J connectivity index is 2.99. The predicted molar refractivity (Wildman–Crippen MR) is 67.3 cm³/mol. The first-order valence-corrected chi connectivity index (χ1v) is 5.65. The molecule has 0 aliphatic carbocycles. The lowest BCUT2D eigenvalue weighted by atomic mass is 10.1. The van der Waals surface area contributed by atoms with Crippen molar-refractivity contribution in [1.82, 2.24) is 0 Å². The van der Waals surface area contributed by atoms with Gasteiger partial charge in [-0.05, 0) is 18.2 Å². The second kappa shape index (κ2) is 7.13. The van der Waals surface area contributed by atoms with E-state index in [2.05, 4.69) is 6.07 Å². The van der Waals surface area contributed by atoms with Crippen LogP contribution in [0.3, 0.4) is 0 Å². The molecule has 17 heavy (non-hydrogen) atoms. The molecule has 0 amide bonds.